The molecule has 0 fully saturated rings. The fourth-order valence-electron chi connectivity index (χ4n) is 1.59. The number of tetrazole rings is 1. The molecule has 0 aromatic carbocycles. The Hall–Kier alpha value is -2.78. The smallest absolute Gasteiger partial charge is 0.328 e. The maximum absolute atomic E-state index is 11.8. The number of carbonyl (C=O) groups is 2. The molecule has 0 radical (unpaired) electrons. The van der Waals surface area contributed by atoms with Crippen LogP contribution in [0.3, 0.4) is 0 Å². The predicted octanol–water partition coefficient (Wildman–Crippen LogP) is -1.70. The Bertz CT molecular complexity index is 551. The summed E-state index contributed by atoms with van der Waals surface area (Å²) in [6, 6.07) is -0.801. The number of imidazole rings is 1. The van der Waals surface area contributed by atoms with E-state index in [2.05, 4.69) is 35.5 Å². The Morgan fingerprint density at radius 2 is 2.40 bits per heavy atom. The highest BCUT2D eigenvalue weighted by molar-refractivity contribution is 5.84. The summed E-state index contributed by atoms with van der Waals surface area (Å²) in [5.41, 5.74) is 0.711. The van der Waals surface area contributed by atoms with Gasteiger partial charge < -0.3 is 15.0 Å². The van der Waals surface area contributed by atoms with E-state index in [-0.39, 0.29) is 13.0 Å². The van der Waals surface area contributed by atoms with Gasteiger partial charge in [0.25, 0.3) is 0 Å². The summed E-state index contributed by atoms with van der Waals surface area (Å²) in [5.74, 6) is -0.933. The molecule has 0 aliphatic heterocycles. The van der Waals surface area contributed by atoms with Gasteiger partial charge in [0.15, 0.2) is 0 Å². The predicted molar refractivity (Wildman–Crippen MR) is 64.1 cm³/mol. The van der Waals surface area contributed by atoms with Crippen LogP contribution in [0, 0.1) is 0 Å². The lowest BCUT2D eigenvalue weighted by atomic mass is 10.1. The molecule has 10 nitrogen and oxygen atoms in total. The molecular weight excluding hydrogens is 266 g/mol. The normalized spacial score (nSPS) is 11.8. The maximum Gasteiger partial charge on any atom is 0.328 e. The molecule has 106 valence electrons. The van der Waals surface area contributed by atoms with Crippen LogP contribution in [0.25, 0.3) is 0 Å². The number of H-pyrrole nitrogens is 1. The van der Waals surface area contributed by atoms with Crippen LogP contribution >= 0.6 is 0 Å². The average molecular weight is 279 g/mol. The lowest BCUT2D eigenvalue weighted by molar-refractivity contribution is -0.145. The van der Waals surface area contributed by atoms with Crippen LogP contribution in [0.1, 0.15) is 5.69 Å². The largest absolute Gasteiger partial charge is 0.467 e. The third-order valence-electron chi connectivity index (χ3n) is 2.50. The van der Waals surface area contributed by atoms with Crippen LogP contribution < -0.4 is 5.32 Å². The number of nitrogens with zero attached hydrogens (tertiary/aromatic N) is 5. The molecule has 0 saturated carbocycles. The van der Waals surface area contributed by atoms with E-state index in [0.29, 0.717) is 5.69 Å². The molecule has 0 aliphatic rings. The standard InChI is InChI=1S/C10H13N7O3/c1-20-10(19)8(2-7-3-11-5-12-7)14-9(18)4-17-6-13-15-16-17/h3,5-6,8H,2,4H2,1H3,(H,11,12)(H,14,18)/t8-/m0/s1. The summed E-state index contributed by atoms with van der Waals surface area (Å²) >= 11 is 0. The third-order valence-corrected chi connectivity index (χ3v) is 2.50. The molecule has 0 unspecified atom stereocenters. The topological polar surface area (TPSA) is 128 Å². The summed E-state index contributed by atoms with van der Waals surface area (Å²) in [6.07, 6.45) is 4.63. The van der Waals surface area contributed by atoms with Gasteiger partial charge in [-0.25, -0.2) is 14.5 Å². The number of amides is 1. The molecule has 1 amide bonds. The fraction of sp³-hybridized carbons (Fsp3) is 0.400. The molecule has 0 bridgehead atoms. The van der Waals surface area contributed by atoms with Gasteiger partial charge in [-0.15, -0.1) is 5.10 Å². The second-order valence-corrected chi connectivity index (χ2v) is 3.93. The molecule has 0 spiro atoms. The minimum absolute atomic E-state index is 0.0799. The van der Waals surface area contributed by atoms with Crippen molar-refractivity contribution >= 4 is 11.9 Å². The van der Waals surface area contributed by atoms with Crippen LogP contribution in [0.4, 0.5) is 0 Å². The highest BCUT2D eigenvalue weighted by Gasteiger charge is 2.22. The number of hydrogen-bond acceptors (Lipinski definition) is 7. The van der Waals surface area contributed by atoms with E-state index in [1.807, 2.05) is 0 Å². The first-order chi connectivity index (χ1) is 9.69. The van der Waals surface area contributed by atoms with Crippen LogP contribution in [0.15, 0.2) is 18.9 Å². The minimum atomic E-state index is -0.801. The Labute approximate surface area is 113 Å². The monoisotopic (exact) mass is 279 g/mol. The van der Waals surface area contributed by atoms with Crippen molar-refractivity contribution in [3.05, 3.63) is 24.5 Å². The number of methoxy groups -OCH3 is 1. The number of nitrogens with one attached hydrogen (secondary N) is 2. The van der Waals surface area contributed by atoms with Crippen molar-refractivity contribution in [1.82, 2.24) is 35.5 Å². The highest BCUT2D eigenvalue weighted by Crippen LogP contribution is 2.00. The number of aromatic amines is 1. The van der Waals surface area contributed by atoms with Gasteiger partial charge in [0.2, 0.25) is 5.91 Å². The number of carbonyl (C=O) groups excluding carboxylic acids is 2. The van der Waals surface area contributed by atoms with Crippen LogP contribution in [-0.2, 0) is 27.3 Å². The molecule has 20 heavy (non-hydrogen) atoms. The summed E-state index contributed by atoms with van der Waals surface area (Å²) < 4.78 is 5.91. The van der Waals surface area contributed by atoms with E-state index in [9.17, 15) is 9.59 Å². The van der Waals surface area contributed by atoms with E-state index in [1.165, 1.54) is 24.4 Å². The zero-order valence-electron chi connectivity index (χ0n) is 10.7. The second-order valence-electron chi connectivity index (χ2n) is 3.93. The first kappa shape index (κ1) is 13.6. The zero-order chi connectivity index (χ0) is 14.4. The first-order valence-electron chi connectivity index (χ1n) is 5.74. The summed E-state index contributed by atoms with van der Waals surface area (Å²) in [6.45, 7) is -0.0799. The Morgan fingerprint density at radius 1 is 1.55 bits per heavy atom. The van der Waals surface area contributed by atoms with Crippen molar-refractivity contribution in [2.75, 3.05) is 7.11 Å². The van der Waals surface area contributed by atoms with Crippen LogP contribution in [-0.4, -0.2) is 55.2 Å². The molecule has 2 N–H and O–H groups in total. The van der Waals surface area contributed by atoms with Crippen molar-refractivity contribution in [2.45, 2.75) is 19.0 Å². The summed E-state index contributed by atoms with van der Waals surface area (Å²) in [5, 5.41) is 13.0. The Balaban J connectivity index is 1.96. The molecular formula is C10H13N7O3. The molecule has 10 heteroatoms. The minimum Gasteiger partial charge on any atom is -0.467 e. The van der Waals surface area contributed by atoms with Gasteiger partial charge in [-0.2, -0.15) is 0 Å². The summed E-state index contributed by atoms with van der Waals surface area (Å²) in [7, 11) is 1.26. The maximum atomic E-state index is 11.8. The van der Waals surface area contributed by atoms with Gasteiger partial charge in [0.05, 0.1) is 13.4 Å². The summed E-state index contributed by atoms with van der Waals surface area (Å²) in [4.78, 5) is 30.2. The molecule has 2 rings (SSSR count). The number of hydrogen-bond donors (Lipinski definition) is 2. The van der Waals surface area contributed by atoms with Crippen molar-refractivity contribution < 1.29 is 14.3 Å². The van der Waals surface area contributed by atoms with Gasteiger partial charge >= 0.3 is 5.97 Å². The lowest BCUT2D eigenvalue weighted by Crippen LogP contribution is -2.44. The average Bonchev–Trinajstić information content (AvgIpc) is 3.10. The zero-order valence-corrected chi connectivity index (χ0v) is 10.7. The van der Waals surface area contributed by atoms with Crippen molar-refractivity contribution in [1.29, 1.82) is 0 Å². The highest BCUT2D eigenvalue weighted by atomic mass is 16.5. The second kappa shape index (κ2) is 6.41. The lowest BCUT2D eigenvalue weighted by Gasteiger charge is -2.15. The Kier molecular flexibility index (Phi) is 4.37. The number of aromatic nitrogens is 6. The number of ether oxygens (including phenoxy) is 1. The van der Waals surface area contributed by atoms with E-state index in [0.717, 1.165) is 0 Å². The van der Waals surface area contributed by atoms with Crippen molar-refractivity contribution in [3.8, 4) is 0 Å². The van der Waals surface area contributed by atoms with Crippen LogP contribution in [0.5, 0.6) is 0 Å². The van der Waals surface area contributed by atoms with Gasteiger partial charge in [-0.1, -0.05) is 0 Å². The molecule has 2 heterocycles. The molecule has 0 aliphatic carbocycles. The molecule has 2 aromatic rings. The van der Waals surface area contributed by atoms with Crippen molar-refractivity contribution in [2.24, 2.45) is 0 Å². The van der Waals surface area contributed by atoms with Crippen molar-refractivity contribution in [3.63, 3.8) is 0 Å². The Morgan fingerprint density at radius 3 is 3.00 bits per heavy atom. The van der Waals surface area contributed by atoms with E-state index < -0.39 is 17.9 Å². The number of esters is 1. The first-order valence-corrected chi connectivity index (χ1v) is 5.74. The fourth-order valence-corrected chi connectivity index (χ4v) is 1.59. The van der Waals surface area contributed by atoms with E-state index in [4.69, 9.17) is 0 Å². The van der Waals surface area contributed by atoms with Crippen LogP contribution in [0.2, 0.25) is 0 Å². The quantitative estimate of drug-likeness (QED) is 0.603. The van der Waals surface area contributed by atoms with E-state index >= 15 is 0 Å². The van der Waals surface area contributed by atoms with Gasteiger partial charge in [-0.3, -0.25) is 4.79 Å². The molecule has 1 atom stereocenters. The number of rotatable bonds is 6. The SMILES string of the molecule is COC(=O)[C@H](Cc1cnc[nH]1)NC(=O)Cn1cnnn1. The molecule has 2 aromatic heterocycles. The van der Waals surface area contributed by atoms with Gasteiger partial charge in [0, 0.05) is 18.3 Å². The van der Waals surface area contributed by atoms with Gasteiger partial charge in [-0.05, 0) is 10.4 Å². The van der Waals surface area contributed by atoms with Gasteiger partial charge in [0.1, 0.15) is 18.9 Å². The van der Waals surface area contributed by atoms with E-state index in [1.54, 1.807) is 6.20 Å². The molecule has 0 saturated heterocycles. The third kappa shape index (κ3) is 3.60.